The molecule has 1 aliphatic rings. The minimum Gasteiger partial charge on any atom is -0.381 e. The summed E-state index contributed by atoms with van der Waals surface area (Å²) in [5.41, 5.74) is 9.14. The monoisotopic (exact) mass is 581 g/mol. The highest BCUT2D eigenvalue weighted by Gasteiger charge is 2.49. The zero-order chi connectivity index (χ0) is 29.0. The van der Waals surface area contributed by atoms with Crippen molar-refractivity contribution in [2.24, 2.45) is 0 Å². The Hall–Kier alpha value is -3.41. The molecule has 5 N–H and O–H groups in total. The van der Waals surface area contributed by atoms with Crippen molar-refractivity contribution in [3.63, 3.8) is 0 Å². The molecule has 0 saturated carbocycles. The second-order valence-corrected chi connectivity index (χ2v) is 13.0. The second kappa shape index (κ2) is 12.4. The van der Waals surface area contributed by atoms with Gasteiger partial charge in [-0.15, -0.1) is 11.8 Å². The van der Waals surface area contributed by atoms with E-state index in [1.54, 1.807) is 6.92 Å². The van der Waals surface area contributed by atoms with Gasteiger partial charge in [0.15, 0.2) is 11.2 Å². The lowest BCUT2D eigenvalue weighted by Crippen LogP contribution is -2.58. The van der Waals surface area contributed by atoms with Crippen molar-refractivity contribution in [1.29, 1.82) is 0 Å². The van der Waals surface area contributed by atoms with Crippen LogP contribution in [0.15, 0.2) is 54.6 Å². The fraction of sp³-hybridized carbons (Fsp3) is 0.379. The number of benzene rings is 2. The number of aryl methyl sites for hydroxylation is 2. The number of hydrogen-bond donors (Lipinski definition) is 4. The van der Waals surface area contributed by atoms with Crippen LogP contribution in [0.5, 0.6) is 0 Å². The van der Waals surface area contributed by atoms with Crippen molar-refractivity contribution in [1.82, 2.24) is 20.5 Å². The maximum Gasteiger partial charge on any atom is 0.263 e. The maximum absolute atomic E-state index is 13.8. The largest absolute Gasteiger partial charge is 0.381 e. The predicted molar refractivity (Wildman–Crippen MR) is 159 cm³/mol. The molecule has 212 valence electrons. The summed E-state index contributed by atoms with van der Waals surface area (Å²) in [6, 6.07) is 15.3. The van der Waals surface area contributed by atoms with Crippen molar-refractivity contribution in [2.75, 3.05) is 11.6 Å². The van der Waals surface area contributed by atoms with E-state index in [1.807, 2.05) is 75.4 Å². The number of nitrogens with two attached hydrogens (primary N) is 1. The molecule has 2 heterocycles. The van der Waals surface area contributed by atoms with Crippen LogP contribution in [0.4, 0.5) is 5.13 Å². The molecule has 1 fully saturated rings. The van der Waals surface area contributed by atoms with Gasteiger partial charge in [-0.25, -0.2) is 4.98 Å². The lowest BCUT2D eigenvalue weighted by Gasteiger charge is -2.33. The number of nitrogens with zero attached hydrogens (tertiary/aromatic N) is 2. The lowest BCUT2D eigenvalue weighted by atomic mass is 9.97. The number of nitrogens with one attached hydrogen (secondary N) is 2. The molecule has 0 bridgehead atoms. The van der Waals surface area contributed by atoms with E-state index in [4.69, 9.17) is 5.73 Å². The molecular formula is C29H35N5O4S2. The lowest BCUT2D eigenvalue weighted by molar-refractivity contribution is -0.147. The topological polar surface area (TPSA) is 138 Å². The Morgan fingerprint density at radius 1 is 1.12 bits per heavy atom. The van der Waals surface area contributed by atoms with Crippen LogP contribution >= 0.6 is 23.1 Å². The van der Waals surface area contributed by atoms with Crippen LogP contribution < -0.4 is 16.4 Å². The molecule has 2 aromatic carbocycles. The Kier molecular flexibility index (Phi) is 9.17. The minimum atomic E-state index is -1.59. The number of carbonyl (C=O) groups excluding carboxylic acids is 3. The smallest absolute Gasteiger partial charge is 0.263 e. The average molecular weight is 582 g/mol. The number of rotatable bonds is 9. The molecule has 0 unspecified atom stereocenters. The number of nitrogen functional groups attached to an aromatic ring is 1. The first-order valence-corrected chi connectivity index (χ1v) is 14.8. The van der Waals surface area contributed by atoms with Crippen LogP contribution in [0.2, 0.25) is 0 Å². The SMILES string of the molecule is Cc1ccccc1CNC(=O)[C@H]1N(C(=O)[C@@H](O)[C@H](Cc2ccccc2)NC(=O)c2sc(N)nc2C)CSC1(C)C. The second-order valence-electron chi connectivity index (χ2n) is 10.4. The molecule has 9 nitrogen and oxygen atoms in total. The van der Waals surface area contributed by atoms with Crippen molar-refractivity contribution in [3.8, 4) is 0 Å². The first kappa shape index (κ1) is 29.6. The Morgan fingerprint density at radius 3 is 2.45 bits per heavy atom. The van der Waals surface area contributed by atoms with Crippen molar-refractivity contribution in [3.05, 3.63) is 81.9 Å². The molecule has 3 aromatic rings. The third-order valence-electron chi connectivity index (χ3n) is 7.06. The van der Waals surface area contributed by atoms with Crippen LogP contribution in [0, 0.1) is 13.8 Å². The van der Waals surface area contributed by atoms with Gasteiger partial charge in [0.2, 0.25) is 5.91 Å². The number of thioether (sulfide) groups is 1. The number of hydrogen-bond acceptors (Lipinski definition) is 8. The average Bonchev–Trinajstić information content (AvgIpc) is 3.44. The van der Waals surface area contributed by atoms with Crippen molar-refractivity contribution in [2.45, 2.75) is 63.6 Å². The summed E-state index contributed by atoms with van der Waals surface area (Å²) in [5.74, 6) is -1.14. The predicted octanol–water partition coefficient (Wildman–Crippen LogP) is 3.04. The van der Waals surface area contributed by atoms with Gasteiger partial charge in [-0.3, -0.25) is 14.4 Å². The Bertz CT molecular complexity index is 1380. The fourth-order valence-corrected chi connectivity index (χ4v) is 6.69. The highest BCUT2D eigenvalue weighted by atomic mass is 32.2. The summed E-state index contributed by atoms with van der Waals surface area (Å²) in [4.78, 5) is 46.3. The molecule has 40 heavy (non-hydrogen) atoms. The standard InChI is InChI=1S/C29H35N5O4S2/c1-17-10-8-9-13-20(17)15-31-26(37)24-29(3,4)39-16-34(24)27(38)22(35)21(14-19-11-6-5-7-12-19)33-25(36)23-18(2)32-28(30)40-23/h5-13,21-22,24,35H,14-16H2,1-4H3,(H2,30,32)(H,31,37)(H,33,36)/t21-,22-,24+/m0/s1. The summed E-state index contributed by atoms with van der Waals surface area (Å²) >= 11 is 2.52. The molecule has 1 aromatic heterocycles. The number of thiazole rings is 1. The van der Waals surface area contributed by atoms with Crippen LogP contribution in [0.3, 0.4) is 0 Å². The number of aromatic nitrogens is 1. The van der Waals surface area contributed by atoms with Crippen LogP contribution in [0.25, 0.3) is 0 Å². The molecule has 0 radical (unpaired) electrons. The summed E-state index contributed by atoms with van der Waals surface area (Å²) in [5, 5.41) is 17.5. The minimum absolute atomic E-state index is 0.210. The number of anilines is 1. The first-order valence-electron chi connectivity index (χ1n) is 13.0. The van der Waals surface area contributed by atoms with Gasteiger partial charge in [-0.05, 0) is 50.8 Å². The molecule has 0 aliphatic carbocycles. The van der Waals surface area contributed by atoms with Gasteiger partial charge >= 0.3 is 0 Å². The summed E-state index contributed by atoms with van der Waals surface area (Å²) in [6.45, 7) is 7.81. The van der Waals surface area contributed by atoms with Crippen molar-refractivity contribution < 1.29 is 19.5 Å². The molecular weight excluding hydrogens is 546 g/mol. The molecule has 11 heteroatoms. The highest BCUT2D eigenvalue weighted by molar-refractivity contribution is 8.00. The van der Waals surface area contributed by atoms with E-state index >= 15 is 0 Å². The van der Waals surface area contributed by atoms with E-state index in [2.05, 4.69) is 15.6 Å². The summed E-state index contributed by atoms with van der Waals surface area (Å²) in [6.07, 6.45) is -1.38. The van der Waals surface area contributed by atoms with Gasteiger partial charge < -0.3 is 26.4 Å². The van der Waals surface area contributed by atoms with Crippen LogP contribution in [-0.2, 0) is 22.6 Å². The van der Waals surface area contributed by atoms with Gasteiger partial charge in [0.1, 0.15) is 10.9 Å². The molecule has 4 rings (SSSR count). The summed E-state index contributed by atoms with van der Waals surface area (Å²) < 4.78 is -0.583. The molecule has 3 atom stereocenters. The van der Waals surface area contributed by atoms with Gasteiger partial charge in [0, 0.05) is 11.3 Å². The van der Waals surface area contributed by atoms with Crippen LogP contribution in [-0.4, -0.2) is 61.5 Å². The Morgan fingerprint density at radius 2 is 1.80 bits per heavy atom. The molecule has 3 amide bonds. The third kappa shape index (κ3) is 6.65. The molecule has 0 spiro atoms. The number of aliphatic hydroxyl groups is 1. The van der Waals surface area contributed by atoms with Crippen LogP contribution in [0.1, 0.15) is 45.9 Å². The van der Waals surface area contributed by atoms with Gasteiger partial charge in [-0.1, -0.05) is 65.9 Å². The zero-order valence-electron chi connectivity index (χ0n) is 23.0. The zero-order valence-corrected chi connectivity index (χ0v) is 24.6. The first-order chi connectivity index (χ1) is 19.0. The van der Waals surface area contributed by atoms with Gasteiger partial charge in [-0.2, -0.15) is 0 Å². The number of amides is 3. The van der Waals surface area contributed by atoms with E-state index in [-0.39, 0.29) is 23.3 Å². The van der Waals surface area contributed by atoms with E-state index in [9.17, 15) is 19.5 Å². The van der Waals surface area contributed by atoms with E-state index in [0.29, 0.717) is 17.1 Å². The highest BCUT2D eigenvalue weighted by Crippen LogP contribution is 2.40. The number of carbonyl (C=O) groups is 3. The third-order valence-corrected chi connectivity index (χ3v) is 9.42. The van der Waals surface area contributed by atoms with Gasteiger partial charge in [0.05, 0.1) is 17.6 Å². The van der Waals surface area contributed by atoms with E-state index in [0.717, 1.165) is 28.0 Å². The van der Waals surface area contributed by atoms with Gasteiger partial charge in [0.25, 0.3) is 11.8 Å². The maximum atomic E-state index is 13.8. The van der Waals surface area contributed by atoms with E-state index < -0.39 is 34.7 Å². The quantitative estimate of drug-likeness (QED) is 0.305. The molecule has 1 saturated heterocycles. The summed E-state index contributed by atoms with van der Waals surface area (Å²) in [7, 11) is 0. The van der Waals surface area contributed by atoms with Crippen molar-refractivity contribution >= 4 is 46.0 Å². The number of aliphatic hydroxyl groups excluding tert-OH is 1. The molecule has 1 aliphatic heterocycles. The Labute approximate surface area is 242 Å². The normalized spacial score (nSPS) is 17.7. The Balaban J connectivity index is 1.55. The van der Waals surface area contributed by atoms with E-state index in [1.165, 1.54) is 16.7 Å². The fourth-order valence-electron chi connectivity index (χ4n) is 4.81.